The summed E-state index contributed by atoms with van der Waals surface area (Å²) in [7, 11) is -5.06. The molecule has 11 heteroatoms. The lowest BCUT2D eigenvalue weighted by molar-refractivity contribution is -0.137. The van der Waals surface area contributed by atoms with Gasteiger partial charge in [0.25, 0.3) is 10.0 Å². The van der Waals surface area contributed by atoms with Crippen molar-refractivity contribution in [3.05, 3.63) is 29.3 Å². The first-order valence-electron chi connectivity index (χ1n) is 4.76. The Hall–Kier alpha value is -1.49. The smallest absolute Gasteiger partial charge is 0.389 e. The van der Waals surface area contributed by atoms with Crippen LogP contribution in [0, 0.1) is 0 Å². The molecular weight excluding hydrogens is 327 g/mol. The normalized spacial score (nSPS) is 12.5. The number of nitrogens with one attached hydrogen (secondary N) is 1. The molecule has 0 aromatic heterocycles. The number of nitrogens with two attached hydrogens (primary N) is 1. The van der Waals surface area contributed by atoms with Gasteiger partial charge in [0.2, 0.25) is 0 Å². The third-order valence-electron chi connectivity index (χ3n) is 2.09. The topological polar surface area (TPSA) is 72.2 Å². The Balaban J connectivity index is 3.31. The van der Waals surface area contributed by atoms with Gasteiger partial charge in [0.05, 0.1) is 5.56 Å². The van der Waals surface area contributed by atoms with Gasteiger partial charge in [0, 0.05) is 11.3 Å². The molecule has 20 heavy (non-hydrogen) atoms. The van der Waals surface area contributed by atoms with Gasteiger partial charge < -0.3 is 5.73 Å². The van der Waals surface area contributed by atoms with Crippen LogP contribution in [0.4, 0.5) is 27.6 Å². The Morgan fingerprint density at radius 1 is 1.30 bits per heavy atom. The van der Waals surface area contributed by atoms with Crippen LogP contribution in [0.1, 0.15) is 11.1 Å². The number of halogens is 5. The van der Waals surface area contributed by atoms with Gasteiger partial charge in [-0.25, -0.2) is 8.42 Å². The fourth-order valence-corrected chi connectivity index (χ4v) is 1.99. The van der Waals surface area contributed by atoms with Crippen molar-refractivity contribution >= 4 is 32.9 Å². The second-order valence-corrected chi connectivity index (χ2v) is 5.62. The number of sulfonamides is 1. The summed E-state index contributed by atoms with van der Waals surface area (Å²) in [6.07, 6.45) is -4.87. The van der Waals surface area contributed by atoms with Crippen molar-refractivity contribution in [2.75, 3.05) is 4.72 Å². The lowest BCUT2D eigenvalue weighted by Gasteiger charge is -2.14. The number of benzene rings is 1. The first kappa shape index (κ1) is 16.6. The Bertz CT molecular complexity index is 628. The van der Waals surface area contributed by atoms with E-state index in [0.717, 1.165) is 12.1 Å². The van der Waals surface area contributed by atoms with E-state index in [4.69, 9.17) is 5.73 Å². The van der Waals surface area contributed by atoms with E-state index in [1.54, 1.807) is 0 Å². The Morgan fingerprint density at radius 3 is 2.25 bits per heavy atom. The molecule has 0 aliphatic rings. The van der Waals surface area contributed by atoms with Crippen LogP contribution >= 0.6 is 12.2 Å². The molecule has 0 radical (unpaired) electrons. The summed E-state index contributed by atoms with van der Waals surface area (Å²) >= 11 is 4.43. The van der Waals surface area contributed by atoms with E-state index in [2.05, 4.69) is 12.2 Å². The molecule has 112 valence electrons. The zero-order valence-electron chi connectivity index (χ0n) is 9.41. The van der Waals surface area contributed by atoms with E-state index in [1.807, 2.05) is 0 Å². The fourth-order valence-electron chi connectivity index (χ4n) is 1.27. The summed E-state index contributed by atoms with van der Waals surface area (Å²) in [6, 6.07) is 1.99. The number of alkyl halides is 5. The quantitative estimate of drug-likeness (QED) is 0.655. The number of hydrogen-bond donors (Lipinski definition) is 2. The molecule has 0 aliphatic heterocycles. The average Bonchev–Trinajstić information content (AvgIpc) is 2.26. The fraction of sp³-hybridized carbons (Fsp3) is 0.222. The minimum Gasteiger partial charge on any atom is -0.389 e. The van der Waals surface area contributed by atoms with Gasteiger partial charge in [-0.15, -0.1) is 0 Å². The summed E-state index contributed by atoms with van der Waals surface area (Å²) in [5, 5.41) is 0. The molecule has 0 heterocycles. The van der Waals surface area contributed by atoms with E-state index in [0.29, 0.717) is 6.07 Å². The monoisotopic (exact) mass is 334 g/mol. The van der Waals surface area contributed by atoms with Crippen molar-refractivity contribution in [2.24, 2.45) is 5.73 Å². The van der Waals surface area contributed by atoms with E-state index in [9.17, 15) is 30.4 Å². The molecule has 0 bridgehead atoms. The maximum absolute atomic E-state index is 12.7. The third-order valence-corrected chi connectivity index (χ3v) is 3.29. The van der Waals surface area contributed by atoms with Crippen LogP contribution in [0.2, 0.25) is 0 Å². The molecule has 0 spiro atoms. The SMILES string of the molecule is NC(=S)c1ccc(NS(=O)(=O)C(F)F)cc1C(F)(F)F. The highest BCUT2D eigenvalue weighted by Gasteiger charge is 2.35. The molecule has 4 nitrogen and oxygen atoms in total. The van der Waals surface area contributed by atoms with Crippen LogP contribution in [0.5, 0.6) is 0 Å². The zero-order valence-corrected chi connectivity index (χ0v) is 11.0. The standard InChI is InChI=1S/C9H7F5N2O2S2/c10-8(11)20(17,18)16-4-1-2-5(7(15)19)6(3-4)9(12,13)14/h1-3,8,16H,(H2,15,19). The van der Waals surface area contributed by atoms with Crippen LogP contribution in [0.15, 0.2) is 18.2 Å². The Labute approximate surface area is 115 Å². The number of thiocarbonyl (C=S) groups is 1. The zero-order chi connectivity index (χ0) is 15.7. The lowest BCUT2D eigenvalue weighted by Crippen LogP contribution is -2.22. The van der Waals surface area contributed by atoms with Gasteiger partial charge in [0.15, 0.2) is 0 Å². The third kappa shape index (κ3) is 3.76. The molecule has 1 aromatic carbocycles. The number of rotatable bonds is 4. The molecule has 0 saturated heterocycles. The first-order chi connectivity index (χ1) is 8.95. The van der Waals surface area contributed by atoms with Crippen molar-refractivity contribution in [2.45, 2.75) is 11.9 Å². The largest absolute Gasteiger partial charge is 0.417 e. The second kappa shape index (κ2) is 5.48. The lowest BCUT2D eigenvalue weighted by atomic mass is 10.1. The van der Waals surface area contributed by atoms with Crippen molar-refractivity contribution in [3.8, 4) is 0 Å². The molecule has 0 unspecified atom stereocenters. The molecule has 0 amide bonds. The van der Waals surface area contributed by atoms with Crippen LogP contribution in [-0.2, 0) is 16.2 Å². The summed E-state index contributed by atoms with van der Waals surface area (Å²) in [4.78, 5) is -0.555. The van der Waals surface area contributed by atoms with E-state index in [1.165, 1.54) is 4.72 Å². The number of anilines is 1. The van der Waals surface area contributed by atoms with Crippen molar-refractivity contribution < 1.29 is 30.4 Å². The Kier molecular flexibility index (Phi) is 4.54. The van der Waals surface area contributed by atoms with Gasteiger partial charge in [-0.3, -0.25) is 4.72 Å². The van der Waals surface area contributed by atoms with Gasteiger partial charge in [-0.1, -0.05) is 12.2 Å². The minimum absolute atomic E-state index is 0.342. The highest BCUT2D eigenvalue weighted by Crippen LogP contribution is 2.34. The maximum Gasteiger partial charge on any atom is 0.417 e. The Morgan fingerprint density at radius 2 is 1.85 bits per heavy atom. The molecule has 0 saturated carbocycles. The highest BCUT2D eigenvalue weighted by molar-refractivity contribution is 7.93. The van der Waals surface area contributed by atoms with Gasteiger partial charge >= 0.3 is 11.9 Å². The summed E-state index contributed by atoms with van der Waals surface area (Å²) in [6.45, 7) is 0. The van der Waals surface area contributed by atoms with Crippen molar-refractivity contribution in [1.82, 2.24) is 0 Å². The molecule has 0 aliphatic carbocycles. The van der Waals surface area contributed by atoms with Crippen LogP contribution in [0.3, 0.4) is 0 Å². The van der Waals surface area contributed by atoms with Crippen molar-refractivity contribution in [3.63, 3.8) is 0 Å². The number of hydrogen-bond acceptors (Lipinski definition) is 3. The minimum atomic E-state index is -5.06. The molecule has 3 N–H and O–H groups in total. The van der Waals surface area contributed by atoms with Gasteiger partial charge in [-0.05, 0) is 18.2 Å². The van der Waals surface area contributed by atoms with Gasteiger partial charge in [0.1, 0.15) is 4.99 Å². The molecule has 1 aromatic rings. The molecule has 0 fully saturated rings. The summed E-state index contributed by atoms with van der Waals surface area (Å²) in [5.74, 6) is -3.77. The predicted molar refractivity (Wildman–Crippen MR) is 65.9 cm³/mol. The van der Waals surface area contributed by atoms with Crippen LogP contribution < -0.4 is 10.5 Å². The second-order valence-electron chi connectivity index (χ2n) is 3.53. The molecule has 0 atom stereocenters. The highest BCUT2D eigenvalue weighted by atomic mass is 32.2. The van der Waals surface area contributed by atoms with E-state index >= 15 is 0 Å². The predicted octanol–water partition coefficient (Wildman–Crippen LogP) is 2.30. The van der Waals surface area contributed by atoms with E-state index in [-0.39, 0.29) is 0 Å². The average molecular weight is 334 g/mol. The van der Waals surface area contributed by atoms with E-state index < -0.39 is 43.8 Å². The summed E-state index contributed by atoms with van der Waals surface area (Å²) < 4.78 is 85.6. The summed E-state index contributed by atoms with van der Waals surface area (Å²) in [5.41, 5.74) is 2.59. The maximum atomic E-state index is 12.7. The van der Waals surface area contributed by atoms with Crippen LogP contribution in [-0.4, -0.2) is 19.2 Å². The van der Waals surface area contributed by atoms with Crippen molar-refractivity contribution in [1.29, 1.82) is 0 Å². The first-order valence-corrected chi connectivity index (χ1v) is 6.71. The van der Waals surface area contributed by atoms with Crippen LogP contribution in [0.25, 0.3) is 0 Å². The molecule has 1 rings (SSSR count). The van der Waals surface area contributed by atoms with Gasteiger partial charge in [-0.2, -0.15) is 22.0 Å². The molecular formula is C9H7F5N2O2S2.